The summed E-state index contributed by atoms with van der Waals surface area (Å²) in [7, 11) is 0. The van der Waals surface area contributed by atoms with Crippen molar-refractivity contribution in [2.75, 3.05) is 0 Å². The average Bonchev–Trinajstić information content (AvgIpc) is 2.35. The molecule has 0 aliphatic heterocycles. The van der Waals surface area contributed by atoms with Crippen LogP contribution in [0.2, 0.25) is 0 Å². The fourth-order valence-electron chi connectivity index (χ4n) is 1.72. The Morgan fingerprint density at radius 3 is 2.78 bits per heavy atom. The monoisotopic (exact) mass is 314 g/mol. The van der Waals surface area contributed by atoms with Gasteiger partial charge in [0.25, 0.3) is 5.56 Å². The lowest BCUT2D eigenvalue weighted by molar-refractivity contribution is 0.584. The van der Waals surface area contributed by atoms with Crippen molar-refractivity contribution < 1.29 is 8.78 Å². The minimum Gasteiger partial charge on any atom is -0.313 e. The molecule has 0 aliphatic rings. The molecule has 0 saturated heterocycles. The Bertz CT molecular complexity index is 655. The molecule has 3 nitrogen and oxygen atoms in total. The highest BCUT2D eigenvalue weighted by atomic mass is 79.9. The molecule has 6 heteroatoms. The maximum absolute atomic E-state index is 14.0. The van der Waals surface area contributed by atoms with E-state index in [4.69, 9.17) is 0 Å². The van der Waals surface area contributed by atoms with Crippen LogP contribution in [0.5, 0.6) is 0 Å². The van der Waals surface area contributed by atoms with Crippen LogP contribution in [0.3, 0.4) is 0 Å². The van der Waals surface area contributed by atoms with Crippen LogP contribution in [0, 0.1) is 11.6 Å². The van der Waals surface area contributed by atoms with E-state index in [9.17, 15) is 13.6 Å². The van der Waals surface area contributed by atoms with E-state index in [0.29, 0.717) is 6.42 Å². The Labute approximate surface area is 110 Å². The second kappa shape index (κ2) is 4.97. The highest BCUT2D eigenvalue weighted by molar-refractivity contribution is 9.10. The third-order valence-corrected chi connectivity index (χ3v) is 3.20. The molecule has 2 aromatic rings. The van der Waals surface area contributed by atoms with E-state index in [1.54, 1.807) is 6.92 Å². The molecule has 0 atom stereocenters. The average molecular weight is 315 g/mol. The Balaban J connectivity index is 2.81. The zero-order chi connectivity index (χ0) is 13.3. The fraction of sp³-hybridized carbons (Fsp3) is 0.167. The minimum absolute atomic E-state index is 0.0394. The van der Waals surface area contributed by atoms with Crippen LogP contribution >= 0.6 is 15.9 Å². The van der Waals surface area contributed by atoms with Gasteiger partial charge in [-0.2, -0.15) is 0 Å². The number of hydrogen-bond acceptors (Lipinski definition) is 2. The first-order valence-corrected chi connectivity index (χ1v) is 6.06. The molecule has 2 rings (SSSR count). The Morgan fingerprint density at radius 2 is 2.11 bits per heavy atom. The largest absolute Gasteiger partial charge is 0.313 e. The second-order valence-electron chi connectivity index (χ2n) is 3.63. The number of aromatic amines is 1. The van der Waals surface area contributed by atoms with Gasteiger partial charge >= 0.3 is 0 Å². The summed E-state index contributed by atoms with van der Waals surface area (Å²) in [6.07, 6.45) is 1.47. The maximum Gasteiger partial charge on any atom is 0.254 e. The lowest BCUT2D eigenvalue weighted by atomic mass is 10.0. The number of benzene rings is 1. The van der Waals surface area contributed by atoms with Gasteiger partial charge in [-0.05, 0) is 34.5 Å². The minimum atomic E-state index is -0.761. The third kappa shape index (κ3) is 2.08. The predicted octanol–water partition coefficient (Wildman–Crippen LogP) is 3.04. The Hall–Kier alpha value is -1.56. The van der Waals surface area contributed by atoms with E-state index < -0.39 is 11.6 Å². The molecule has 0 radical (unpaired) electrons. The molecule has 1 aromatic carbocycles. The molecule has 1 heterocycles. The molecule has 0 bridgehead atoms. The van der Waals surface area contributed by atoms with E-state index in [1.807, 2.05) is 0 Å². The number of nitrogens with zero attached hydrogens (tertiary/aromatic N) is 1. The fourth-order valence-corrected chi connectivity index (χ4v) is 2.05. The van der Waals surface area contributed by atoms with Crippen LogP contribution < -0.4 is 5.56 Å². The van der Waals surface area contributed by atoms with E-state index in [2.05, 4.69) is 25.9 Å². The van der Waals surface area contributed by atoms with Gasteiger partial charge in [-0.15, -0.1) is 0 Å². The Morgan fingerprint density at radius 1 is 1.39 bits per heavy atom. The molecule has 1 N–H and O–H groups in total. The topological polar surface area (TPSA) is 45.8 Å². The van der Waals surface area contributed by atoms with Crippen molar-refractivity contribution in [2.45, 2.75) is 13.3 Å². The number of rotatable bonds is 2. The molecule has 0 amide bonds. The third-order valence-electron chi connectivity index (χ3n) is 2.58. The lowest BCUT2D eigenvalue weighted by Crippen LogP contribution is -2.15. The lowest BCUT2D eigenvalue weighted by Gasteiger charge is -2.08. The molecule has 1 aromatic heterocycles. The summed E-state index contributed by atoms with van der Waals surface area (Å²) in [6, 6.07) is 2.40. The first-order chi connectivity index (χ1) is 8.56. The van der Waals surface area contributed by atoms with Crippen molar-refractivity contribution in [1.29, 1.82) is 0 Å². The van der Waals surface area contributed by atoms with E-state index in [-0.39, 0.29) is 26.9 Å². The molecule has 18 heavy (non-hydrogen) atoms. The normalized spacial score (nSPS) is 10.7. The van der Waals surface area contributed by atoms with Crippen LogP contribution in [-0.2, 0) is 6.42 Å². The van der Waals surface area contributed by atoms with Crippen LogP contribution in [0.1, 0.15) is 12.5 Å². The number of hydrogen-bond donors (Lipinski definition) is 1. The summed E-state index contributed by atoms with van der Waals surface area (Å²) in [5, 5.41) is 0. The van der Waals surface area contributed by atoms with Crippen molar-refractivity contribution in [3.63, 3.8) is 0 Å². The zero-order valence-electron chi connectivity index (χ0n) is 9.43. The number of halogens is 3. The summed E-state index contributed by atoms with van der Waals surface area (Å²) in [4.78, 5) is 17.9. The van der Waals surface area contributed by atoms with Crippen molar-refractivity contribution in [3.8, 4) is 11.3 Å². The molecule has 0 aliphatic carbocycles. The van der Waals surface area contributed by atoms with E-state index in [0.717, 1.165) is 12.4 Å². The molecule has 0 saturated carbocycles. The molecule has 0 spiro atoms. The van der Waals surface area contributed by atoms with Crippen molar-refractivity contribution in [1.82, 2.24) is 9.97 Å². The molecule has 0 fully saturated rings. The summed E-state index contributed by atoms with van der Waals surface area (Å²) < 4.78 is 27.8. The van der Waals surface area contributed by atoms with Crippen molar-refractivity contribution >= 4 is 15.9 Å². The van der Waals surface area contributed by atoms with Gasteiger partial charge in [0.1, 0.15) is 11.6 Å². The van der Waals surface area contributed by atoms with Crippen molar-refractivity contribution in [3.05, 3.63) is 50.5 Å². The molecule has 0 unspecified atom stereocenters. The van der Waals surface area contributed by atoms with Crippen LogP contribution in [0.15, 0.2) is 27.7 Å². The highest BCUT2D eigenvalue weighted by Crippen LogP contribution is 2.30. The molecule has 94 valence electrons. The highest BCUT2D eigenvalue weighted by Gasteiger charge is 2.19. The zero-order valence-corrected chi connectivity index (χ0v) is 11.0. The van der Waals surface area contributed by atoms with Gasteiger partial charge < -0.3 is 4.98 Å². The summed E-state index contributed by atoms with van der Waals surface area (Å²) in [6.45, 7) is 1.73. The summed E-state index contributed by atoms with van der Waals surface area (Å²) >= 11 is 2.99. The van der Waals surface area contributed by atoms with Gasteiger partial charge in [-0.3, -0.25) is 4.79 Å². The van der Waals surface area contributed by atoms with Gasteiger partial charge in [-0.25, -0.2) is 13.8 Å². The van der Waals surface area contributed by atoms with Crippen LogP contribution in [-0.4, -0.2) is 9.97 Å². The smallest absolute Gasteiger partial charge is 0.254 e. The van der Waals surface area contributed by atoms with E-state index in [1.165, 1.54) is 6.07 Å². The number of aromatic nitrogens is 2. The number of nitrogens with one attached hydrogen (secondary N) is 1. The standard InChI is InChI=1S/C12H9BrF2N2O/c1-2-6-11(16-5-17-12(6)18)9-8(14)4-3-7(13)10(9)15/h3-5H,2H2,1H3,(H,16,17,18). The quantitative estimate of drug-likeness (QED) is 0.866. The molecular weight excluding hydrogens is 306 g/mol. The predicted molar refractivity (Wildman–Crippen MR) is 67.3 cm³/mol. The Kier molecular flexibility index (Phi) is 3.56. The summed E-state index contributed by atoms with van der Waals surface area (Å²) in [5.74, 6) is -1.51. The van der Waals surface area contributed by atoms with Gasteiger partial charge in [0.2, 0.25) is 0 Å². The van der Waals surface area contributed by atoms with Gasteiger partial charge in [0.05, 0.1) is 22.1 Å². The van der Waals surface area contributed by atoms with Crippen LogP contribution in [0.25, 0.3) is 11.3 Å². The first-order valence-electron chi connectivity index (χ1n) is 5.26. The van der Waals surface area contributed by atoms with E-state index >= 15 is 0 Å². The maximum atomic E-state index is 14.0. The van der Waals surface area contributed by atoms with Crippen LogP contribution in [0.4, 0.5) is 8.78 Å². The molecular formula is C12H9BrF2N2O. The second-order valence-corrected chi connectivity index (χ2v) is 4.48. The SMILES string of the molecule is CCc1c(-c2c(F)ccc(Br)c2F)nc[nH]c1=O. The summed E-state index contributed by atoms with van der Waals surface area (Å²) in [5.41, 5.74) is -0.375. The number of H-pyrrole nitrogens is 1. The first kappa shape index (κ1) is 12.9. The van der Waals surface area contributed by atoms with Crippen molar-refractivity contribution in [2.24, 2.45) is 0 Å². The van der Waals surface area contributed by atoms with Gasteiger partial charge in [0, 0.05) is 5.56 Å². The van der Waals surface area contributed by atoms with Gasteiger partial charge in [0.15, 0.2) is 0 Å². The van der Waals surface area contributed by atoms with Gasteiger partial charge in [-0.1, -0.05) is 6.92 Å².